The van der Waals surface area contributed by atoms with E-state index in [9.17, 15) is 4.39 Å². The largest absolute Gasteiger partial charge is 0.340 e. The van der Waals surface area contributed by atoms with E-state index in [1.807, 2.05) is 6.92 Å². The minimum absolute atomic E-state index is 0.0820. The van der Waals surface area contributed by atoms with Crippen molar-refractivity contribution in [1.29, 1.82) is 0 Å². The Morgan fingerprint density at radius 2 is 2.05 bits per heavy atom. The average Bonchev–Trinajstić information content (AvgIpc) is 2.71. The molecule has 3 aromatic rings. The van der Waals surface area contributed by atoms with Gasteiger partial charge in [0.25, 0.3) is 0 Å². The van der Waals surface area contributed by atoms with E-state index in [0.29, 0.717) is 11.5 Å². The summed E-state index contributed by atoms with van der Waals surface area (Å²) in [6.45, 7) is 4.10. The Bertz CT molecular complexity index is 800. The highest BCUT2D eigenvalue weighted by atomic mass is 35.5. The lowest BCUT2D eigenvalue weighted by Gasteiger charge is -2.08. The number of thiophene rings is 1. The highest BCUT2D eigenvalue weighted by Crippen LogP contribution is 2.34. The fraction of sp³-hybridized carbons (Fsp3) is 0.143. The van der Waals surface area contributed by atoms with Crippen LogP contribution >= 0.6 is 22.9 Å². The first-order valence-electron chi connectivity index (χ1n) is 5.99. The summed E-state index contributed by atoms with van der Waals surface area (Å²) >= 11 is 7.42. The lowest BCUT2D eigenvalue weighted by molar-refractivity contribution is 0.628. The van der Waals surface area contributed by atoms with Gasteiger partial charge >= 0.3 is 0 Å². The number of nitrogens with zero attached hydrogens (tertiary/aromatic N) is 2. The zero-order valence-electron chi connectivity index (χ0n) is 10.9. The lowest BCUT2D eigenvalue weighted by Crippen LogP contribution is -1.96. The first kappa shape index (κ1) is 13.3. The number of nitrogens with one attached hydrogen (secondary N) is 1. The molecule has 20 heavy (non-hydrogen) atoms. The molecule has 102 valence electrons. The Morgan fingerprint density at radius 3 is 2.80 bits per heavy atom. The highest BCUT2D eigenvalue weighted by Gasteiger charge is 2.12. The maximum Gasteiger partial charge on any atom is 0.142 e. The van der Waals surface area contributed by atoms with Crippen LogP contribution in [0.25, 0.3) is 10.2 Å². The summed E-state index contributed by atoms with van der Waals surface area (Å²) in [5.41, 5.74) is 1.85. The fourth-order valence-corrected chi connectivity index (χ4v) is 3.17. The summed E-state index contributed by atoms with van der Waals surface area (Å²) in [4.78, 5) is 10.7. The number of anilines is 2. The SMILES string of the molecule is Cc1sc2ncnc(Nc3ccc(F)c(Cl)c3)c2c1C. The minimum Gasteiger partial charge on any atom is -0.340 e. The standard InChI is InChI=1S/C14H11ClFN3S/c1-7-8(2)20-14-12(7)13(17-6-18-14)19-9-3-4-11(16)10(15)5-9/h3-6H,1-2H3,(H,17,18,19). The second kappa shape index (κ2) is 5.00. The second-order valence-electron chi connectivity index (χ2n) is 4.44. The van der Waals surface area contributed by atoms with E-state index in [0.717, 1.165) is 15.8 Å². The van der Waals surface area contributed by atoms with Crippen LogP contribution in [0.4, 0.5) is 15.9 Å². The Labute approximate surface area is 124 Å². The van der Waals surface area contributed by atoms with Crippen molar-refractivity contribution in [3.63, 3.8) is 0 Å². The number of hydrogen-bond donors (Lipinski definition) is 1. The first-order valence-corrected chi connectivity index (χ1v) is 7.18. The van der Waals surface area contributed by atoms with Gasteiger partial charge in [0.2, 0.25) is 0 Å². The zero-order chi connectivity index (χ0) is 14.3. The Hall–Kier alpha value is -1.72. The van der Waals surface area contributed by atoms with E-state index < -0.39 is 5.82 Å². The molecular formula is C14H11ClFN3S. The number of hydrogen-bond acceptors (Lipinski definition) is 4. The van der Waals surface area contributed by atoms with Crippen molar-refractivity contribution in [3.05, 3.63) is 45.8 Å². The molecule has 1 aromatic carbocycles. The van der Waals surface area contributed by atoms with E-state index in [4.69, 9.17) is 11.6 Å². The summed E-state index contributed by atoms with van der Waals surface area (Å²) in [5.74, 6) is 0.270. The molecule has 0 saturated heterocycles. The van der Waals surface area contributed by atoms with Crippen LogP contribution in [0.2, 0.25) is 5.02 Å². The van der Waals surface area contributed by atoms with Gasteiger partial charge in [0.05, 0.1) is 10.4 Å². The molecule has 3 rings (SSSR count). The third-order valence-electron chi connectivity index (χ3n) is 3.15. The third-order valence-corrected chi connectivity index (χ3v) is 4.55. The molecule has 0 atom stereocenters. The Kier molecular flexibility index (Phi) is 3.31. The van der Waals surface area contributed by atoms with E-state index in [-0.39, 0.29) is 5.02 Å². The summed E-state index contributed by atoms with van der Waals surface area (Å²) in [6, 6.07) is 4.50. The molecule has 6 heteroatoms. The number of aryl methyl sites for hydroxylation is 2. The van der Waals surface area contributed by atoms with Crippen LogP contribution in [-0.2, 0) is 0 Å². The molecule has 2 aromatic heterocycles. The summed E-state index contributed by atoms with van der Waals surface area (Å²) < 4.78 is 13.2. The van der Waals surface area contributed by atoms with Crippen LogP contribution < -0.4 is 5.32 Å². The van der Waals surface area contributed by atoms with Gasteiger partial charge in [0.15, 0.2) is 0 Å². The Morgan fingerprint density at radius 1 is 1.25 bits per heavy atom. The number of fused-ring (bicyclic) bond motifs is 1. The Balaban J connectivity index is 2.08. The molecule has 0 radical (unpaired) electrons. The van der Waals surface area contributed by atoms with Gasteiger partial charge in [0.1, 0.15) is 22.8 Å². The summed E-state index contributed by atoms with van der Waals surface area (Å²) in [7, 11) is 0. The van der Waals surface area contributed by atoms with E-state index in [2.05, 4.69) is 22.2 Å². The van der Waals surface area contributed by atoms with Gasteiger partial charge in [-0.15, -0.1) is 11.3 Å². The quantitative estimate of drug-likeness (QED) is 0.736. The first-order chi connectivity index (χ1) is 9.56. The van der Waals surface area contributed by atoms with Gasteiger partial charge in [-0.3, -0.25) is 0 Å². The molecule has 0 spiro atoms. The van der Waals surface area contributed by atoms with E-state index >= 15 is 0 Å². The molecule has 0 aliphatic rings. The monoisotopic (exact) mass is 307 g/mol. The number of aromatic nitrogens is 2. The average molecular weight is 308 g/mol. The highest BCUT2D eigenvalue weighted by molar-refractivity contribution is 7.18. The molecule has 0 unspecified atom stereocenters. The molecule has 2 heterocycles. The van der Waals surface area contributed by atoms with Gasteiger partial charge in [-0.1, -0.05) is 11.6 Å². The normalized spacial score (nSPS) is 11.0. The van der Waals surface area contributed by atoms with Crippen LogP contribution in [0.15, 0.2) is 24.5 Å². The summed E-state index contributed by atoms with van der Waals surface area (Å²) in [5, 5.41) is 4.25. The fourth-order valence-electron chi connectivity index (χ4n) is 1.99. The van der Waals surface area contributed by atoms with Crippen molar-refractivity contribution in [2.45, 2.75) is 13.8 Å². The number of benzene rings is 1. The molecule has 3 nitrogen and oxygen atoms in total. The van der Waals surface area contributed by atoms with E-state index in [1.165, 1.54) is 17.3 Å². The molecule has 0 aliphatic heterocycles. The third kappa shape index (κ3) is 2.23. The molecule has 0 fully saturated rings. The van der Waals surface area contributed by atoms with Crippen molar-refractivity contribution in [2.24, 2.45) is 0 Å². The van der Waals surface area contributed by atoms with Crippen LogP contribution in [0, 0.1) is 19.7 Å². The van der Waals surface area contributed by atoms with E-state index in [1.54, 1.807) is 23.5 Å². The van der Waals surface area contributed by atoms with Crippen LogP contribution in [0.3, 0.4) is 0 Å². The predicted octanol–water partition coefficient (Wildman–Crippen LogP) is 4.84. The van der Waals surface area contributed by atoms with Gasteiger partial charge in [-0.25, -0.2) is 14.4 Å². The molecule has 1 N–H and O–H groups in total. The van der Waals surface area contributed by atoms with Gasteiger partial charge in [0, 0.05) is 10.6 Å². The zero-order valence-corrected chi connectivity index (χ0v) is 12.4. The van der Waals surface area contributed by atoms with Crippen LogP contribution in [0.1, 0.15) is 10.4 Å². The second-order valence-corrected chi connectivity index (χ2v) is 6.05. The van der Waals surface area contributed by atoms with Crippen molar-refractivity contribution in [2.75, 3.05) is 5.32 Å². The molecular weight excluding hydrogens is 297 g/mol. The van der Waals surface area contributed by atoms with Crippen molar-refractivity contribution >= 4 is 44.7 Å². The van der Waals surface area contributed by atoms with Crippen LogP contribution in [0.5, 0.6) is 0 Å². The van der Waals surface area contributed by atoms with Crippen molar-refractivity contribution < 1.29 is 4.39 Å². The lowest BCUT2D eigenvalue weighted by atomic mass is 10.2. The summed E-state index contributed by atoms with van der Waals surface area (Å²) in [6.07, 6.45) is 1.52. The van der Waals surface area contributed by atoms with Crippen molar-refractivity contribution in [3.8, 4) is 0 Å². The van der Waals surface area contributed by atoms with Crippen molar-refractivity contribution in [1.82, 2.24) is 9.97 Å². The molecule has 0 amide bonds. The minimum atomic E-state index is -0.437. The maximum absolute atomic E-state index is 13.2. The van der Waals surface area contributed by atoms with Crippen LogP contribution in [-0.4, -0.2) is 9.97 Å². The molecule has 0 bridgehead atoms. The number of rotatable bonds is 2. The van der Waals surface area contributed by atoms with Gasteiger partial charge in [-0.2, -0.15) is 0 Å². The van der Waals surface area contributed by atoms with Gasteiger partial charge in [-0.05, 0) is 37.6 Å². The molecule has 0 aliphatic carbocycles. The predicted molar refractivity (Wildman–Crippen MR) is 81.6 cm³/mol. The smallest absolute Gasteiger partial charge is 0.142 e. The number of halogens is 2. The maximum atomic E-state index is 13.2. The topological polar surface area (TPSA) is 37.8 Å². The van der Waals surface area contributed by atoms with Gasteiger partial charge < -0.3 is 5.32 Å². The molecule has 0 saturated carbocycles.